The maximum atomic E-state index is 4.09. The van der Waals surface area contributed by atoms with Gasteiger partial charge in [0.25, 0.3) is 0 Å². The molecule has 0 aromatic rings. The Kier molecular flexibility index (Phi) is 5.61. The van der Waals surface area contributed by atoms with Gasteiger partial charge in [-0.05, 0) is 32.4 Å². The van der Waals surface area contributed by atoms with E-state index in [0.29, 0.717) is 0 Å². The van der Waals surface area contributed by atoms with E-state index in [1.807, 2.05) is 26.8 Å². The zero-order chi connectivity index (χ0) is 9.40. The second-order valence-corrected chi connectivity index (χ2v) is 2.28. The molecular formula is C9H15N3. The molecule has 0 aromatic heterocycles. The molecule has 0 unspecified atom stereocenters. The number of rotatable bonds is 4. The van der Waals surface area contributed by atoms with Gasteiger partial charge in [0.05, 0.1) is 0 Å². The van der Waals surface area contributed by atoms with Crippen LogP contribution in [0.25, 0.3) is 0 Å². The zero-order valence-electron chi connectivity index (χ0n) is 7.83. The molecule has 0 radical (unpaired) electrons. The molecule has 0 aliphatic carbocycles. The van der Waals surface area contributed by atoms with Gasteiger partial charge in [0.2, 0.25) is 0 Å². The zero-order valence-corrected chi connectivity index (χ0v) is 7.83. The maximum Gasteiger partial charge on any atom is 0.141 e. The molecule has 0 saturated heterocycles. The Hall–Kier alpha value is -1.38. The Balaban J connectivity index is 4.10. The summed E-state index contributed by atoms with van der Waals surface area (Å²) < 4.78 is 0. The monoisotopic (exact) mass is 165 g/mol. The van der Waals surface area contributed by atoms with Crippen molar-refractivity contribution in [3.8, 4) is 0 Å². The van der Waals surface area contributed by atoms with Gasteiger partial charge >= 0.3 is 0 Å². The average molecular weight is 165 g/mol. The van der Waals surface area contributed by atoms with Gasteiger partial charge in [-0.25, -0.2) is 4.99 Å². The van der Waals surface area contributed by atoms with Gasteiger partial charge < -0.3 is 0 Å². The highest BCUT2D eigenvalue weighted by atomic mass is 15.3. The fourth-order valence-corrected chi connectivity index (χ4v) is 0.478. The summed E-state index contributed by atoms with van der Waals surface area (Å²) in [5, 5.41) is 3.83. The minimum atomic E-state index is 0.719. The number of hydrogen-bond donors (Lipinski definition) is 1. The van der Waals surface area contributed by atoms with E-state index in [-0.39, 0.29) is 0 Å². The molecule has 12 heavy (non-hydrogen) atoms. The van der Waals surface area contributed by atoms with Gasteiger partial charge in [-0.2, -0.15) is 5.10 Å². The summed E-state index contributed by atoms with van der Waals surface area (Å²) in [6, 6.07) is 0. The first kappa shape index (κ1) is 10.6. The van der Waals surface area contributed by atoms with Crippen molar-refractivity contribution in [2.45, 2.75) is 20.8 Å². The number of aliphatic imine (C=N–C) groups is 1. The molecule has 0 aliphatic rings. The van der Waals surface area contributed by atoms with Gasteiger partial charge in [-0.3, -0.25) is 5.43 Å². The smallest absolute Gasteiger partial charge is 0.141 e. The molecule has 1 N–H and O–H groups in total. The molecule has 66 valence electrons. The molecule has 0 aliphatic heterocycles. The molecular weight excluding hydrogens is 150 g/mol. The largest absolute Gasteiger partial charge is 0.262 e. The van der Waals surface area contributed by atoms with Crippen LogP contribution in [0.3, 0.4) is 0 Å². The van der Waals surface area contributed by atoms with Crippen molar-refractivity contribution in [1.29, 1.82) is 0 Å². The fraction of sp³-hybridized carbons (Fsp3) is 0.333. The number of allylic oxidation sites excluding steroid dienone is 2. The Morgan fingerprint density at radius 3 is 2.50 bits per heavy atom. The van der Waals surface area contributed by atoms with E-state index in [0.717, 1.165) is 11.4 Å². The van der Waals surface area contributed by atoms with Crippen LogP contribution in [0.5, 0.6) is 0 Å². The van der Waals surface area contributed by atoms with Crippen LogP contribution in [0.1, 0.15) is 20.8 Å². The van der Waals surface area contributed by atoms with Crippen molar-refractivity contribution < 1.29 is 0 Å². The highest BCUT2D eigenvalue weighted by Gasteiger charge is 1.85. The van der Waals surface area contributed by atoms with Crippen molar-refractivity contribution in [2.24, 2.45) is 10.1 Å². The summed E-state index contributed by atoms with van der Waals surface area (Å²) in [6.45, 7) is 9.32. The van der Waals surface area contributed by atoms with Crippen LogP contribution in [-0.4, -0.2) is 12.4 Å². The number of nitrogens with one attached hydrogen (secondary N) is 1. The summed E-state index contributed by atoms with van der Waals surface area (Å²) in [5.74, 6) is 0.719. The summed E-state index contributed by atoms with van der Waals surface area (Å²) in [4.78, 5) is 4.09. The SMILES string of the molecule is C=C(C)C=N/C(=C/C)N/N=C\C. The van der Waals surface area contributed by atoms with Gasteiger partial charge in [-0.15, -0.1) is 0 Å². The van der Waals surface area contributed by atoms with E-state index < -0.39 is 0 Å². The summed E-state index contributed by atoms with van der Waals surface area (Å²) >= 11 is 0. The lowest BCUT2D eigenvalue weighted by Gasteiger charge is -1.97. The van der Waals surface area contributed by atoms with Crippen LogP contribution in [0.15, 0.2) is 34.1 Å². The Morgan fingerprint density at radius 1 is 1.42 bits per heavy atom. The van der Waals surface area contributed by atoms with Gasteiger partial charge in [0.15, 0.2) is 0 Å². The van der Waals surface area contributed by atoms with Crippen LogP contribution >= 0.6 is 0 Å². The third-order valence-corrected chi connectivity index (χ3v) is 1.01. The van der Waals surface area contributed by atoms with Crippen LogP contribution in [0.4, 0.5) is 0 Å². The highest BCUT2D eigenvalue weighted by Crippen LogP contribution is 1.91. The van der Waals surface area contributed by atoms with Crippen molar-refractivity contribution in [2.75, 3.05) is 0 Å². The van der Waals surface area contributed by atoms with Crippen molar-refractivity contribution in [3.05, 3.63) is 24.0 Å². The van der Waals surface area contributed by atoms with Crippen molar-refractivity contribution in [1.82, 2.24) is 5.43 Å². The second kappa shape index (κ2) is 6.34. The highest BCUT2D eigenvalue weighted by molar-refractivity contribution is 5.77. The van der Waals surface area contributed by atoms with E-state index in [4.69, 9.17) is 0 Å². The molecule has 0 atom stereocenters. The first-order valence-electron chi connectivity index (χ1n) is 3.80. The first-order valence-corrected chi connectivity index (χ1v) is 3.80. The lowest BCUT2D eigenvalue weighted by Crippen LogP contribution is -2.02. The van der Waals surface area contributed by atoms with E-state index >= 15 is 0 Å². The van der Waals surface area contributed by atoms with Crippen LogP contribution in [0.2, 0.25) is 0 Å². The van der Waals surface area contributed by atoms with E-state index in [1.165, 1.54) is 0 Å². The first-order chi connectivity index (χ1) is 5.70. The molecule has 0 saturated carbocycles. The van der Waals surface area contributed by atoms with Crippen LogP contribution in [-0.2, 0) is 0 Å². The van der Waals surface area contributed by atoms with E-state index in [2.05, 4.69) is 22.1 Å². The minimum absolute atomic E-state index is 0.719. The molecule has 0 amide bonds. The van der Waals surface area contributed by atoms with Gasteiger partial charge in [0.1, 0.15) is 5.82 Å². The topological polar surface area (TPSA) is 36.8 Å². The molecule has 0 aromatic carbocycles. The predicted octanol–water partition coefficient (Wildman–Crippen LogP) is 2.09. The third kappa shape index (κ3) is 5.41. The molecule has 3 heteroatoms. The molecule has 3 nitrogen and oxygen atoms in total. The Morgan fingerprint density at radius 2 is 2.08 bits per heavy atom. The quantitative estimate of drug-likeness (QED) is 0.502. The number of hydrazone groups is 1. The molecule has 0 spiro atoms. The van der Waals surface area contributed by atoms with Crippen LogP contribution < -0.4 is 5.43 Å². The minimum Gasteiger partial charge on any atom is -0.262 e. The Labute approximate surface area is 73.6 Å². The fourth-order valence-electron chi connectivity index (χ4n) is 0.478. The molecule has 0 bridgehead atoms. The second-order valence-electron chi connectivity index (χ2n) is 2.28. The van der Waals surface area contributed by atoms with Gasteiger partial charge in [-0.1, -0.05) is 6.58 Å². The standard InChI is InChI=1S/C9H15N3/c1-5-9(12-11-6-2)10-7-8(3)4/h5-7,12H,3H2,1-2,4H3/b9-5-,10-7?,11-6-. The normalized spacial score (nSPS) is 12.8. The van der Waals surface area contributed by atoms with E-state index in [9.17, 15) is 0 Å². The summed E-state index contributed by atoms with van der Waals surface area (Å²) in [6.07, 6.45) is 5.19. The maximum absolute atomic E-state index is 4.09. The molecule has 0 heterocycles. The third-order valence-electron chi connectivity index (χ3n) is 1.01. The lowest BCUT2D eigenvalue weighted by molar-refractivity contribution is 0.874. The predicted molar refractivity (Wildman–Crippen MR) is 54.4 cm³/mol. The van der Waals surface area contributed by atoms with Crippen molar-refractivity contribution >= 4 is 12.4 Å². The van der Waals surface area contributed by atoms with Gasteiger partial charge in [0, 0.05) is 12.4 Å². The molecule has 0 rings (SSSR count). The molecule has 0 fully saturated rings. The van der Waals surface area contributed by atoms with Crippen LogP contribution in [0, 0.1) is 0 Å². The summed E-state index contributed by atoms with van der Waals surface area (Å²) in [7, 11) is 0. The number of nitrogens with zero attached hydrogens (tertiary/aromatic N) is 2. The average Bonchev–Trinajstić information content (AvgIpc) is 2.05. The van der Waals surface area contributed by atoms with Crippen molar-refractivity contribution in [3.63, 3.8) is 0 Å². The summed E-state index contributed by atoms with van der Waals surface area (Å²) in [5.41, 5.74) is 3.68. The van der Waals surface area contributed by atoms with E-state index in [1.54, 1.807) is 12.4 Å². The number of hydrogen-bond acceptors (Lipinski definition) is 3. The Bertz CT molecular complexity index is 224. The lowest BCUT2D eigenvalue weighted by atomic mass is 10.4.